The van der Waals surface area contributed by atoms with Crippen molar-refractivity contribution in [2.24, 2.45) is 0 Å². The van der Waals surface area contributed by atoms with Crippen molar-refractivity contribution < 1.29 is 29.0 Å². The molecular formula is C12H7NO6S2-2. The number of aliphatic carboxylic acids is 2. The van der Waals surface area contributed by atoms with Crippen molar-refractivity contribution in [3.8, 4) is 0 Å². The standard InChI is InChI=1S/C12H9NO6S2/c14-9(15)5-7(11(17)18)13-10(16)8(21-12(13)20)4-6-2-1-3-19-6/h1-4,7H,5H2,(H,14,15)(H,17,18)/p-2/b8-4+/t7-/m0/s1. The Hall–Kier alpha value is -2.13. The maximum absolute atomic E-state index is 12.2. The van der Waals surface area contributed by atoms with E-state index in [1.54, 1.807) is 12.1 Å². The molecule has 1 atom stereocenters. The Kier molecular flexibility index (Phi) is 4.43. The molecule has 0 N–H and O–H groups in total. The molecule has 0 saturated carbocycles. The molecule has 110 valence electrons. The Bertz CT molecular complexity index is 636. The molecule has 1 aromatic heterocycles. The van der Waals surface area contributed by atoms with E-state index < -0.39 is 30.3 Å². The molecule has 0 radical (unpaired) electrons. The van der Waals surface area contributed by atoms with E-state index in [9.17, 15) is 24.6 Å². The molecular weight excluding hydrogens is 318 g/mol. The number of thioether (sulfide) groups is 1. The van der Waals surface area contributed by atoms with Crippen LogP contribution < -0.4 is 10.2 Å². The van der Waals surface area contributed by atoms with Crippen LogP contribution in [0.4, 0.5) is 0 Å². The molecule has 2 heterocycles. The molecule has 2 rings (SSSR count). The number of thiocarbonyl (C=S) groups is 1. The van der Waals surface area contributed by atoms with Gasteiger partial charge in [0.25, 0.3) is 5.91 Å². The van der Waals surface area contributed by atoms with Crippen LogP contribution in [-0.4, -0.2) is 33.1 Å². The van der Waals surface area contributed by atoms with Gasteiger partial charge in [-0.3, -0.25) is 9.69 Å². The van der Waals surface area contributed by atoms with Gasteiger partial charge >= 0.3 is 0 Å². The average Bonchev–Trinajstić information content (AvgIpc) is 2.97. The third-order valence-electron chi connectivity index (χ3n) is 2.58. The van der Waals surface area contributed by atoms with E-state index in [-0.39, 0.29) is 9.23 Å². The van der Waals surface area contributed by atoms with Crippen LogP contribution in [-0.2, 0) is 14.4 Å². The van der Waals surface area contributed by atoms with Crippen LogP contribution in [0.25, 0.3) is 6.08 Å². The normalized spacial score (nSPS) is 18.3. The summed E-state index contributed by atoms with van der Waals surface area (Å²) in [5, 5.41) is 21.6. The fraction of sp³-hybridized carbons (Fsp3) is 0.167. The summed E-state index contributed by atoms with van der Waals surface area (Å²) in [5.41, 5.74) is 0. The molecule has 0 bridgehead atoms. The largest absolute Gasteiger partial charge is 0.550 e. The summed E-state index contributed by atoms with van der Waals surface area (Å²) in [6.07, 6.45) is 1.90. The van der Waals surface area contributed by atoms with E-state index in [2.05, 4.69) is 0 Å². The van der Waals surface area contributed by atoms with Crippen molar-refractivity contribution in [1.29, 1.82) is 0 Å². The SMILES string of the molecule is O=C([O-])C[C@@H](C(=O)[O-])N1C(=O)/C(=C\c2ccco2)SC1=S. The van der Waals surface area contributed by atoms with Crippen molar-refractivity contribution in [3.05, 3.63) is 29.1 Å². The molecule has 9 heteroatoms. The van der Waals surface area contributed by atoms with Crippen LogP contribution in [0.2, 0.25) is 0 Å². The number of furan rings is 1. The molecule has 0 spiro atoms. The highest BCUT2D eigenvalue weighted by Gasteiger charge is 2.37. The highest BCUT2D eigenvalue weighted by Crippen LogP contribution is 2.34. The van der Waals surface area contributed by atoms with Gasteiger partial charge in [-0.2, -0.15) is 0 Å². The fourth-order valence-corrected chi connectivity index (χ4v) is 3.03. The summed E-state index contributed by atoms with van der Waals surface area (Å²) in [6, 6.07) is 1.52. The fourth-order valence-electron chi connectivity index (χ4n) is 1.69. The first-order valence-corrected chi connectivity index (χ1v) is 6.84. The molecule has 1 aliphatic rings. The molecule has 1 saturated heterocycles. The van der Waals surface area contributed by atoms with Gasteiger partial charge in [0, 0.05) is 18.5 Å². The molecule has 1 amide bonds. The van der Waals surface area contributed by atoms with E-state index >= 15 is 0 Å². The number of hydrogen-bond acceptors (Lipinski definition) is 8. The van der Waals surface area contributed by atoms with E-state index in [0.717, 1.165) is 11.8 Å². The Morgan fingerprint density at radius 2 is 2.19 bits per heavy atom. The Morgan fingerprint density at radius 1 is 1.48 bits per heavy atom. The van der Waals surface area contributed by atoms with Crippen LogP contribution in [0.5, 0.6) is 0 Å². The minimum Gasteiger partial charge on any atom is -0.550 e. The Labute approximate surface area is 128 Å². The maximum Gasteiger partial charge on any atom is 0.266 e. The number of amides is 1. The zero-order valence-electron chi connectivity index (χ0n) is 10.3. The minimum atomic E-state index is -1.71. The zero-order chi connectivity index (χ0) is 15.6. The van der Waals surface area contributed by atoms with Crippen molar-refractivity contribution >= 4 is 52.2 Å². The van der Waals surface area contributed by atoms with Gasteiger partial charge in [-0.15, -0.1) is 0 Å². The van der Waals surface area contributed by atoms with Gasteiger partial charge in [0.1, 0.15) is 10.1 Å². The van der Waals surface area contributed by atoms with E-state index in [1.165, 1.54) is 12.3 Å². The molecule has 0 unspecified atom stereocenters. The Morgan fingerprint density at radius 3 is 2.71 bits per heavy atom. The van der Waals surface area contributed by atoms with E-state index in [0.29, 0.717) is 10.7 Å². The van der Waals surface area contributed by atoms with Crippen molar-refractivity contribution in [2.45, 2.75) is 12.5 Å². The second-order valence-electron chi connectivity index (χ2n) is 3.98. The van der Waals surface area contributed by atoms with Gasteiger partial charge in [-0.1, -0.05) is 24.0 Å². The third kappa shape index (κ3) is 3.31. The van der Waals surface area contributed by atoms with Gasteiger partial charge in [0.05, 0.1) is 23.2 Å². The highest BCUT2D eigenvalue weighted by atomic mass is 32.2. The number of rotatable bonds is 5. The van der Waals surface area contributed by atoms with Gasteiger partial charge in [0.15, 0.2) is 0 Å². The van der Waals surface area contributed by atoms with Gasteiger partial charge < -0.3 is 24.2 Å². The summed E-state index contributed by atoms with van der Waals surface area (Å²) in [6.45, 7) is 0. The average molecular weight is 325 g/mol. The first kappa shape index (κ1) is 15.3. The summed E-state index contributed by atoms with van der Waals surface area (Å²) < 4.78 is 4.99. The van der Waals surface area contributed by atoms with Gasteiger partial charge in [-0.25, -0.2) is 0 Å². The lowest BCUT2D eigenvalue weighted by atomic mass is 10.2. The van der Waals surface area contributed by atoms with Gasteiger partial charge in [0.2, 0.25) is 0 Å². The molecule has 0 aromatic carbocycles. The van der Waals surface area contributed by atoms with Gasteiger partial charge in [-0.05, 0) is 12.1 Å². The Balaban J connectivity index is 2.29. The quantitative estimate of drug-likeness (QED) is 0.487. The lowest BCUT2D eigenvalue weighted by molar-refractivity contribution is -0.319. The number of carboxylic acids is 2. The summed E-state index contributed by atoms with van der Waals surface area (Å²) in [5.74, 6) is -3.65. The van der Waals surface area contributed by atoms with Crippen LogP contribution in [0.15, 0.2) is 27.7 Å². The van der Waals surface area contributed by atoms with E-state index in [1.807, 2.05) is 0 Å². The first-order chi connectivity index (χ1) is 9.90. The smallest absolute Gasteiger partial charge is 0.266 e. The second-order valence-corrected chi connectivity index (χ2v) is 5.65. The van der Waals surface area contributed by atoms with Crippen molar-refractivity contribution in [2.75, 3.05) is 0 Å². The van der Waals surface area contributed by atoms with Crippen LogP contribution in [0, 0.1) is 0 Å². The third-order valence-corrected chi connectivity index (χ3v) is 3.91. The topological polar surface area (TPSA) is 114 Å². The lowest BCUT2D eigenvalue weighted by Gasteiger charge is -2.27. The first-order valence-electron chi connectivity index (χ1n) is 5.61. The van der Waals surface area contributed by atoms with Crippen LogP contribution >= 0.6 is 24.0 Å². The zero-order valence-corrected chi connectivity index (χ0v) is 11.9. The number of carbonyl (C=O) groups excluding carboxylic acids is 3. The molecule has 0 aliphatic carbocycles. The van der Waals surface area contributed by atoms with E-state index in [4.69, 9.17) is 16.6 Å². The monoisotopic (exact) mass is 325 g/mol. The molecule has 7 nitrogen and oxygen atoms in total. The summed E-state index contributed by atoms with van der Waals surface area (Å²) in [4.78, 5) is 34.7. The number of carbonyl (C=O) groups is 3. The predicted octanol–water partition coefficient (Wildman–Crippen LogP) is -1.26. The van der Waals surface area contributed by atoms with Crippen LogP contribution in [0.1, 0.15) is 12.2 Å². The summed E-state index contributed by atoms with van der Waals surface area (Å²) >= 11 is 5.79. The number of nitrogens with zero attached hydrogens (tertiary/aromatic N) is 1. The molecule has 21 heavy (non-hydrogen) atoms. The number of carboxylic acid groups (broad SMARTS) is 2. The highest BCUT2D eigenvalue weighted by molar-refractivity contribution is 8.26. The molecule has 1 aliphatic heterocycles. The molecule has 1 fully saturated rings. The lowest BCUT2D eigenvalue weighted by Crippen LogP contribution is -2.52. The summed E-state index contributed by atoms with van der Waals surface area (Å²) in [7, 11) is 0. The minimum absolute atomic E-state index is 0.0618. The second kappa shape index (κ2) is 6.10. The maximum atomic E-state index is 12.2. The predicted molar refractivity (Wildman–Crippen MR) is 72.1 cm³/mol. The van der Waals surface area contributed by atoms with Crippen molar-refractivity contribution in [3.63, 3.8) is 0 Å². The number of hydrogen-bond donors (Lipinski definition) is 0. The molecule has 1 aromatic rings. The van der Waals surface area contributed by atoms with Crippen LogP contribution in [0.3, 0.4) is 0 Å². The van der Waals surface area contributed by atoms with Crippen molar-refractivity contribution in [1.82, 2.24) is 4.90 Å².